The second-order valence-electron chi connectivity index (χ2n) is 8.19. The third kappa shape index (κ3) is 3.86. The maximum atomic E-state index is 13.4. The number of methoxy groups -OCH3 is 1. The number of fused-ring (bicyclic) bond motifs is 1. The van der Waals surface area contributed by atoms with E-state index in [4.69, 9.17) is 9.88 Å². The Labute approximate surface area is 167 Å². The van der Waals surface area contributed by atoms with Gasteiger partial charge in [-0.1, -0.05) is 0 Å². The van der Waals surface area contributed by atoms with Crippen molar-refractivity contribution in [2.24, 2.45) is 10.6 Å². The van der Waals surface area contributed by atoms with E-state index in [1.54, 1.807) is 13.3 Å². The summed E-state index contributed by atoms with van der Waals surface area (Å²) in [6.45, 7) is 1.22. The molecular formula is C18H23F2N5O3S. The molecule has 2 N–H and O–H groups in total. The molecule has 0 atom stereocenters. The van der Waals surface area contributed by atoms with E-state index in [2.05, 4.69) is 15.1 Å². The highest BCUT2D eigenvalue weighted by molar-refractivity contribution is 7.86. The molecule has 8 nitrogen and oxygen atoms in total. The fraction of sp³-hybridized carbons (Fsp3) is 0.556. The van der Waals surface area contributed by atoms with Crippen LogP contribution in [0.15, 0.2) is 24.4 Å². The molecular weight excluding hydrogens is 404 g/mol. The van der Waals surface area contributed by atoms with Gasteiger partial charge in [-0.3, -0.25) is 0 Å². The Bertz CT molecular complexity index is 1030. The van der Waals surface area contributed by atoms with Crippen molar-refractivity contribution in [3.05, 3.63) is 24.4 Å². The number of nitrogens with two attached hydrogens (primary N) is 1. The molecule has 0 bridgehead atoms. The van der Waals surface area contributed by atoms with Crippen LogP contribution < -0.4 is 14.8 Å². The van der Waals surface area contributed by atoms with Crippen molar-refractivity contribution in [3.63, 3.8) is 0 Å². The predicted molar refractivity (Wildman–Crippen MR) is 104 cm³/mol. The van der Waals surface area contributed by atoms with Gasteiger partial charge in [-0.2, -0.15) is 22.9 Å². The predicted octanol–water partition coefficient (Wildman–Crippen LogP) is 1.77. The Morgan fingerprint density at radius 1 is 1.38 bits per heavy atom. The quantitative estimate of drug-likeness (QED) is 0.754. The lowest BCUT2D eigenvalue weighted by molar-refractivity contribution is -0.0414. The molecule has 158 valence electrons. The van der Waals surface area contributed by atoms with Crippen molar-refractivity contribution in [2.45, 2.75) is 31.7 Å². The van der Waals surface area contributed by atoms with Crippen LogP contribution in [0.25, 0.3) is 10.9 Å². The molecule has 0 amide bonds. The molecule has 11 heteroatoms. The normalized spacial score (nSPS) is 19.4. The van der Waals surface area contributed by atoms with Gasteiger partial charge in [0.2, 0.25) is 0 Å². The van der Waals surface area contributed by atoms with Crippen LogP contribution in [0.3, 0.4) is 0 Å². The first-order valence-corrected chi connectivity index (χ1v) is 10.7. The second kappa shape index (κ2) is 6.71. The van der Waals surface area contributed by atoms with E-state index in [1.165, 1.54) is 0 Å². The maximum absolute atomic E-state index is 13.4. The number of ether oxygens (including phenoxy) is 1. The van der Waals surface area contributed by atoms with Crippen molar-refractivity contribution in [1.29, 1.82) is 0 Å². The third-order valence-corrected chi connectivity index (χ3v) is 6.81. The van der Waals surface area contributed by atoms with Gasteiger partial charge in [0.25, 0.3) is 16.1 Å². The summed E-state index contributed by atoms with van der Waals surface area (Å²) < 4.78 is 56.3. The molecule has 1 aliphatic carbocycles. The lowest BCUT2D eigenvalue weighted by atomic mass is 9.60. The van der Waals surface area contributed by atoms with E-state index in [0.717, 1.165) is 20.9 Å². The van der Waals surface area contributed by atoms with Crippen molar-refractivity contribution >= 4 is 26.8 Å². The Morgan fingerprint density at radius 3 is 2.66 bits per heavy atom. The summed E-state index contributed by atoms with van der Waals surface area (Å²) >= 11 is 0. The molecule has 1 aromatic heterocycles. The molecule has 1 spiro atoms. The largest absolute Gasteiger partial charge is 0.497 e. The molecule has 1 saturated heterocycles. The van der Waals surface area contributed by atoms with Crippen molar-refractivity contribution in [3.8, 4) is 5.75 Å². The Morgan fingerprint density at radius 2 is 2.07 bits per heavy atom. The Balaban J connectivity index is 1.45. The summed E-state index contributed by atoms with van der Waals surface area (Å²) in [4.78, 5) is 2.15. The van der Waals surface area contributed by atoms with Crippen LogP contribution in [0, 0.1) is 5.41 Å². The number of nitrogens with zero attached hydrogens (tertiary/aromatic N) is 4. The molecule has 2 heterocycles. The number of halogens is 2. The molecule has 29 heavy (non-hydrogen) atoms. The van der Waals surface area contributed by atoms with Crippen molar-refractivity contribution in [2.75, 3.05) is 31.6 Å². The molecule has 4 rings (SSSR count). The summed E-state index contributed by atoms with van der Waals surface area (Å²) in [5.74, 6) is -2.44. The van der Waals surface area contributed by atoms with Crippen LogP contribution in [-0.4, -0.2) is 61.6 Å². The highest BCUT2D eigenvalue weighted by Gasteiger charge is 2.56. The van der Waals surface area contributed by atoms with Gasteiger partial charge >= 0.3 is 0 Å². The van der Waals surface area contributed by atoms with Crippen LogP contribution in [0.4, 0.5) is 14.5 Å². The maximum Gasteiger partial charge on any atom is 0.277 e. The summed E-state index contributed by atoms with van der Waals surface area (Å²) in [6.07, 6.45) is 2.73. The number of aromatic nitrogens is 2. The van der Waals surface area contributed by atoms with Crippen LogP contribution in [-0.2, 0) is 10.2 Å². The molecule has 0 unspecified atom stereocenters. The van der Waals surface area contributed by atoms with Gasteiger partial charge in [-0.05, 0) is 25.0 Å². The van der Waals surface area contributed by atoms with Crippen LogP contribution >= 0.6 is 0 Å². The molecule has 1 aliphatic heterocycles. The van der Waals surface area contributed by atoms with Gasteiger partial charge in [0.15, 0.2) is 0 Å². The number of rotatable bonds is 6. The van der Waals surface area contributed by atoms with Crippen molar-refractivity contribution < 1.29 is 21.9 Å². The minimum atomic E-state index is -4.18. The average molecular weight is 427 g/mol. The van der Waals surface area contributed by atoms with E-state index >= 15 is 0 Å². The highest BCUT2D eigenvalue weighted by atomic mass is 32.2. The molecule has 2 aliphatic rings. The van der Waals surface area contributed by atoms with E-state index in [1.807, 2.05) is 18.2 Å². The fourth-order valence-electron chi connectivity index (χ4n) is 4.44. The fourth-order valence-corrected chi connectivity index (χ4v) is 5.41. The molecule has 2 fully saturated rings. The summed E-state index contributed by atoms with van der Waals surface area (Å²) in [7, 11) is -2.60. The Kier molecular flexibility index (Phi) is 4.67. The summed E-state index contributed by atoms with van der Waals surface area (Å²) in [5, 5.41) is 14.3. The zero-order chi connectivity index (χ0) is 21.0. The van der Waals surface area contributed by atoms with Gasteiger partial charge in [0.1, 0.15) is 5.75 Å². The topological polar surface area (TPSA) is 102 Å². The van der Waals surface area contributed by atoms with Crippen LogP contribution in [0.5, 0.6) is 5.75 Å². The number of hydrogen-bond donors (Lipinski definition) is 1. The van der Waals surface area contributed by atoms with Crippen LogP contribution in [0.1, 0.15) is 19.8 Å². The van der Waals surface area contributed by atoms with E-state index in [-0.39, 0.29) is 5.41 Å². The number of alkyl halides is 2. The average Bonchev–Trinajstić information content (AvgIpc) is 2.56. The molecule has 1 aromatic carbocycles. The van der Waals surface area contributed by atoms with Gasteiger partial charge in [0, 0.05) is 42.9 Å². The summed E-state index contributed by atoms with van der Waals surface area (Å²) in [5.41, 5.74) is 1.58. The lowest BCUT2D eigenvalue weighted by Crippen LogP contribution is -2.68. The van der Waals surface area contributed by atoms with E-state index in [0.29, 0.717) is 38.6 Å². The molecule has 2 aromatic rings. The lowest BCUT2D eigenvalue weighted by Gasteiger charge is -2.61. The number of benzene rings is 1. The smallest absolute Gasteiger partial charge is 0.277 e. The monoisotopic (exact) mass is 427 g/mol. The van der Waals surface area contributed by atoms with E-state index in [9.17, 15) is 17.2 Å². The van der Waals surface area contributed by atoms with Crippen LogP contribution in [0.2, 0.25) is 0 Å². The summed E-state index contributed by atoms with van der Waals surface area (Å²) in [6, 6.07) is 5.11. The van der Waals surface area contributed by atoms with E-state index < -0.39 is 28.7 Å². The third-order valence-electron chi connectivity index (χ3n) is 5.72. The SMILES string of the molecule is COc1ccc2c(N3CC4(CC(N(CC(C)(F)F)S(N)(=O)=O)C4)C3)cnnc2c1. The zero-order valence-electron chi connectivity index (χ0n) is 16.2. The van der Waals surface area contributed by atoms with Gasteiger partial charge < -0.3 is 9.64 Å². The van der Waals surface area contributed by atoms with Gasteiger partial charge in [-0.15, -0.1) is 0 Å². The standard InChI is InChI=1S/C18H23F2N5O3S/c1-17(19,20)9-25(29(21,26)27)12-6-18(7-12)10-24(11-18)16-8-22-23-15-5-13(28-2)3-4-14(15)16/h3-5,8,12H,6-7,9-11H2,1-2H3,(H2,21,26,27). The zero-order valence-corrected chi connectivity index (χ0v) is 17.0. The first-order chi connectivity index (χ1) is 13.5. The first-order valence-electron chi connectivity index (χ1n) is 9.22. The first kappa shape index (κ1) is 20.2. The minimum absolute atomic E-state index is 0.0846. The minimum Gasteiger partial charge on any atom is -0.497 e. The Hall–Kier alpha value is -2.11. The number of anilines is 1. The molecule has 1 saturated carbocycles. The van der Waals surface area contributed by atoms with Gasteiger partial charge in [-0.25, -0.2) is 13.9 Å². The highest BCUT2D eigenvalue weighted by Crippen LogP contribution is 2.52. The molecule has 0 radical (unpaired) electrons. The van der Waals surface area contributed by atoms with Crippen molar-refractivity contribution in [1.82, 2.24) is 14.5 Å². The second-order valence-corrected chi connectivity index (χ2v) is 9.69. The number of hydrogen-bond acceptors (Lipinski definition) is 6. The van der Waals surface area contributed by atoms with Gasteiger partial charge in [0.05, 0.1) is 31.1 Å².